The van der Waals surface area contributed by atoms with Crippen LogP contribution < -0.4 is 25.2 Å². The molecular weight excluding hydrogens is 551 g/mol. The molecule has 3 N–H and O–H groups in total. The smallest absolute Gasteiger partial charge is 0.337 e. The number of nitrogens with zero attached hydrogens (tertiary/aromatic N) is 2. The lowest BCUT2D eigenvalue weighted by molar-refractivity contribution is -0.133. The number of halogens is 3. The van der Waals surface area contributed by atoms with Crippen molar-refractivity contribution < 1.29 is 36.0 Å². The lowest BCUT2D eigenvalue weighted by atomic mass is 10.2. The molecule has 0 fully saturated rings. The monoisotopic (exact) mass is 575 g/mol. The summed E-state index contributed by atoms with van der Waals surface area (Å²) in [5.74, 6) is -1.90. The Morgan fingerprint density at radius 1 is 0.950 bits per heavy atom. The minimum absolute atomic E-state index is 0.0305. The van der Waals surface area contributed by atoms with Gasteiger partial charge in [-0.05, 0) is 42.5 Å². The lowest BCUT2D eigenvalue weighted by Crippen LogP contribution is -2.54. The molecule has 1 aliphatic heterocycles. The SMILES string of the molecule is CS(=O)(=O)NC(=O)c1cccc(NC(=O)NC2CN(c3ccccc3)c3ccccc3N(CC(F)(F)F)C2=O)c1. The first-order chi connectivity index (χ1) is 18.8. The maximum absolute atomic E-state index is 13.6. The molecule has 4 amide bonds. The number of carbonyl (C=O) groups is 3. The van der Waals surface area contributed by atoms with Crippen LogP contribution in [0.4, 0.5) is 40.7 Å². The van der Waals surface area contributed by atoms with E-state index in [1.165, 1.54) is 36.4 Å². The summed E-state index contributed by atoms with van der Waals surface area (Å²) in [5.41, 5.74) is 0.975. The average Bonchev–Trinajstić information content (AvgIpc) is 2.98. The molecule has 1 heterocycles. The Hall–Kier alpha value is -4.59. The molecule has 1 aliphatic rings. The standard InChI is InChI=1S/C26H24F3N5O5S/c1-40(38,39)32-23(35)17-8-7-9-18(14-17)30-25(37)31-20-15-33(19-10-3-2-4-11-19)21-12-5-6-13-22(21)34(24(20)36)16-26(27,28)29/h2-14,20H,15-16H2,1H3,(H,32,35)(H2,30,31,37). The molecule has 10 nitrogen and oxygen atoms in total. The predicted molar refractivity (Wildman–Crippen MR) is 143 cm³/mol. The van der Waals surface area contributed by atoms with Crippen LogP contribution in [0.15, 0.2) is 78.9 Å². The summed E-state index contributed by atoms with van der Waals surface area (Å²) >= 11 is 0. The molecule has 0 radical (unpaired) electrons. The third-order valence-electron chi connectivity index (χ3n) is 5.76. The van der Waals surface area contributed by atoms with Gasteiger partial charge in [0, 0.05) is 16.9 Å². The Labute approximate surface area is 227 Å². The van der Waals surface area contributed by atoms with E-state index in [1.54, 1.807) is 52.1 Å². The molecule has 0 bridgehead atoms. The number of anilines is 4. The van der Waals surface area contributed by atoms with Gasteiger partial charge in [0.2, 0.25) is 10.0 Å². The minimum atomic E-state index is -4.72. The molecule has 0 saturated carbocycles. The van der Waals surface area contributed by atoms with E-state index in [4.69, 9.17) is 0 Å². The third kappa shape index (κ3) is 7.08. The Morgan fingerprint density at radius 2 is 1.60 bits per heavy atom. The quantitative estimate of drug-likeness (QED) is 0.412. The number of rotatable bonds is 6. The Bertz CT molecular complexity index is 1530. The van der Waals surface area contributed by atoms with Crippen LogP contribution in [-0.2, 0) is 14.8 Å². The van der Waals surface area contributed by atoms with Gasteiger partial charge in [-0.3, -0.25) is 14.5 Å². The highest BCUT2D eigenvalue weighted by Crippen LogP contribution is 2.38. The van der Waals surface area contributed by atoms with Crippen molar-refractivity contribution in [1.29, 1.82) is 0 Å². The van der Waals surface area contributed by atoms with Gasteiger partial charge in [0.25, 0.3) is 11.8 Å². The predicted octanol–water partition coefficient (Wildman–Crippen LogP) is 3.61. The zero-order chi connectivity index (χ0) is 29.1. The number of nitrogens with one attached hydrogen (secondary N) is 3. The number of alkyl halides is 3. The summed E-state index contributed by atoms with van der Waals surface area (Å²) in [6.07, 6.45) is -3.91. The first-order valence-electron chi connectivity index (χ1n) is 11.8. The van der Waals surface area contributed by atoms with Crippen LogP contribution in [0.1, 0.15) is 10.4 Å². The number of carbonyl (C=O) groups excluding carboxylic acids is 3. The Kier molecular flexibility index (Phi) is 8.00. The van der Waals surface area contributed by atoms with Crippen molar-refractivity contribution in [3.63, 3.8) is 0 Å². The highest BCUT2D eigenvalue weighted by molar-refractivity contribution is 7.89. The second-order valence-corrected chi connectivity index (χ2v) is 10.7. The average molecular weight is 576 g/mol. The normalized spacial score (nSPS) is 15.6. The van der Waals surface area contributed by atoms with Crippen molar-refractivity contribution in [3.8, 4) is 0 Å². The van der Waals surface area contributed by atoms with Crippen LogP contribution in [0.5, 0.6) is 0 Å². The molecular formula is C26H24F3N5O5S. The Morgan fingerprint density at radius 3 is 2.25 bits per heavy atom. The number of para-hydroxylation sites is 3. The minimum Gasteiger partial charge on any atom is -0.337 e. The van der Waals surface area contributed by atoms with Gasteiger partial charge in [-0.1, -0.05) is 36.4 Å². The van der Waals surface area contributed by atoms with Gasteiger partial charge < -0.3 is 15.5 Å². The highest BCUT2D eigenvalue weighted by Gasteiger charge is 2.41. The van der Waals surface area contributed by atoms with Gasteiger partial charge in [0.15, 0.2) is 0 Å². The molecule has 3 aromatic rings. The van der Waals surface area contributed by atoms with Crippen LogP contribution in [0.25, 0.3) is 0 Å². The zero-order valence-electron chi connectivity index (χ0n) is 21.0. The number of amides is 4. The van der Waals surface area contributed by atoms with E-state index in [0.717, 1.165) is 6.26 Å². The third-order valence-corrected chi connectivity index (χ3v) is 6.32. The van der Waals surface area contributed by atoms with E-state index in [-0.39, 0.29) is 23.5 Å². The Balaban J connectivity index is 1.63. The number of hydrogen-bond donors (Lipinski definition) is 3. The summed E-state index contributed by atoms with van der Waals surface area (Å²) in [6.45, 7) is -1.75. The van der Waals surface area contributed by atoms with Crippen LogP contribution in [0.2, 0.25) is 0 Å². The molecule has 210 valence electrons. The van der Waals surface area contributed by atoms with Crippen molar-refractivity contribution in [2.45, 2.75) is 12.2 Å². The molecule has 14 heteroatoms. The van der Waals surface area contributed by atoms with Gasteiger partial charge in [0.1, 0.15) is 12.6 Å². The summed E-state index contributed by atoms with van der Waals surface area (Å²) in [5, 5.41) is 4.88. The molecule has 0 aliphatic carbocycles. The van der Waals surface area contributed by atoms with Gasteiger partial charge in [-0.15, -0.1) is 0 Å². The van der Waals surface area contributed by atoms with Gasteiger partial charge in [-0.2, -0.15) is 13.2 Å². The zero-order valence-corrected chi connectivity index (χ0v) is 21.8. The maximum Gasteiger partial charge on any atom is 0.406 e. The van der Waals surface area contributed by atoms with Crippen molar-refractivity contribution in [2.24, 2.45) is 0 Å². The fraction of sp³-hybridized carbons (Fsp3) is 0.192. The fourth-order valence-corrected chi connectivity index (χ4v) is 4.63. The number of benzene rings is 3. The number of sulfonamides is 1. The molecule has 3 aromatic carbocycles. The van der Waals surface area contributed by atoms with E-state index >= 15 is 0 Å². The number of hydrogen-bond acceptors (Lipinski definition) is 6. The van der Waals surface area contributed by atoms with Crippen LogP contribution in [-0.4, -0.2) is 57.8 Å². The fourth-order valence-electron chi connectivity index (χ4n) is 4.18. The molecule has 0 spiro atoms. The molecule has 4 rings (SSSR count). The topological polar surface area (TPSA) is 128 Å². The molecule has 0 aromatic heterocycles. The van der Waals surface area contributed by atoms with E-state index in [9.17, 15) is 36.0 Å². The molecule has 1 unspecified atom stereocenters. The maximum atomic E-state index is 13.6. The number of fused-ring (bicyclic) bond motifs is 1. The summed E-state index contributed by atoms with van der Waals surface area (Å²) in [6, 6.07) is 17.8. The second-order valence-electron chi connectivity index (χ2n) is 8.91. The van der Waals surface area contributed by atoms with Crippen LogP contribution in [0.3, 0.4) is 0 Å². The van der Waals surface area contributed by atoms with Crippen molar-refractivity contribution in [3.05, 3.63) is 84.4 Å². The largest absolute Gasteiger partial charge is 0.406 e. The first-order valence-corrected chi connectivity index (χ1v) is 13.7. The van der Waals surface area contributed by atoms with Crippen molar-refractivity contribution in [2.75, 3.05) is 34.5 Å². The van der Waals surface area contributed by atoms with Crippen LogP contribution >= 0.6 is 0 Å². The van der Waals surface area contributed by atoms with E-state index in [1.807, 2.05) is 0 Å². The van der Waals surface area contributed by atoms with E-state index < -0.39 is 46.6 Å². The molecule has 0 saturated heterocycles. The van der Waals surface area contributed by atoms with Crippen molar-refractivity contribution >= 4 is 50.6 Å². The van der Waals surface area contributed by atoms with Crippen LogP contribution in [0, 0.1) is 0 Å². The summed E-state index contributed by atoms with van der Waals surface area (Å²) < 4.78 is 65.2. The van der Waals surface area contributed by atoms with Gasteiger partial charge >= 0.3 is 12.2 Å². The summed E-state index contributed by atoms with van der Waals surface area (Å²) in [7, 11) is -3.83. The number of urea groups is 1. The first kappa shape index (κ1) is 28.4. The second kappa shape index (κ2) is 11.3. The van der Waals surface area contributed by atoms with Crippen molar-refractivity contribution in [1.82, 2.24) is 10.0 Å². The van der Waals surface area contributed by atoms with Gasteiger partial charge in [-0.25, -0.2) is 17.9 Å². The van der Waals surface area contributed by atoms with Gasteiger partial charge in [0.05, 0.1) is 24.2 Å². The van der Waals surface area contributed by atoms with E-state index in [2.05, 4.69) is 10.6 Å². The highest BCUT2D eigenvalue weighted by atomic mass is 32.2. The lowest BCUT2D eigenvalue weighted by Gasteiger charge is -2.27. The molecule has 1 atom stereocenters. The molecule has 40 heavy (non-hydrogen) atoms. The summed E-state index contributed by atoms with van der Waals surface area (Å²) in [4.78, 5) is 40.8. The van der Waals surface area contributed by atoms with E-state index in [0.29, 0.717) is 16.3 Å².